The quantitative estimate of drug-likeness (QED) is 0.859. The molecule has 0 fully saturated rings. The van der Waals surface area contributed by atoms with Crippen LogP contribution in [-0.4, -0.2) is 12.5 Å². The van der Waals surface area contributed by atoms with Crippen molar-refractivity contribution in [1.82, 2.24) is 0 Å². The molecule has 0 aliphatic carbocycles. The molecule has 110 valence electrons. The number of anilines is 1. The van der Waals surface area contributed by atoms with Crippen molar-refractivity contribution in [3.8, 4) is 5.75 Å². The smallest absolute Gasteiger partial charge is 0.248 e. The number of nitrogens with one attached hydrogen (secondary N) is 1. The monoisotopic (exact) mass is 304 g/mol. The van der Waals surface area contributed by atoms with Gasteiger partial charge in [0.15, 0.2) is 0 Å². The summed E-state index contributed by atoms with van der Waals surface area (Å²) < 4.78 is 5.39. The zero-order chi connectivity index (χ0) is 15.2. The van der Waals surface area contributed by atoms with Gasteiger partial charge >= 0.3 is 0 Å². The number of ether oxygens (including phenoxy) is 1. The van der Waals surface area contributed by atoms with Crippen molar-refractivity contribution in [3.05, 3.63) is 58.6 Å². The summed E-state index contributed by atoms with van der Waals surface area (Å²) in [5, 5.41) is 3.78. The third kappa shape index (κ3) is 4.13. The van der Waals surface area contributed by atoms with E-state index in [0.717, 1.165) is 17.0 Å². The van der Waals surface area contributed by atoms with Gasteiger partial charge < -0.3 is 15.8 Å². The van der Waals surface area contributed by atoms with Gasteiger partial charge in [-0.1, -0.05) is 17.7 Å². The first-order chi connectivity index (χ1) is 10.1. The molecular formula is C16H17ClN2O2. The van der Waals surface area contributed by atoms with Crippen LogP contribution in [-0.2, 0) is 6.54 Å². The zero-order valence-corrected chi connectivity index (χ0v) is 12.5. The van der Waals surface area contributed by atoms with Gasteiger partial charge in [0.05, 0.1) is 6.61 Å². The number of carbonyl (C=O) groups is 1. The summed E-state index contributed by atoms with van der Waals surface area (Å²) in [6.07, 6.45) is 0. The van der Waals surface area contributed by atoms with Gasteiger partial charge in [0.1, 0.15) is 5.75 Å². The van der Waals surface area contributed by atoms with Gasteiger partial charge in [0.2, 0.25) is 5.91 Å². The molecule has 0 radical (unpaired) electrons. The minimum Gasteiger partial charge on any atom is -0.494 e. The Morgan fingerprint density at radius 2 is 1.95 bits per heavy atom. The van der Waals surface area contributed by atoms with Crippen LogP contribution in [0.25, 0.3) is 0 Å². The molecule has 0 spiro atoms. The summed E-state index contributed by atoms with van der Waals surface area (Å²) >= 11 is 6.14. The Balaban J connectivity index is 2.01. The van der Waals surface area contributed by atoms with Gasteiger partial charge in [0.25, 0.3) is 0 Å². The summed E-state index contributed by atoms with van der Waals surface area (Å²) in [7, 11) is 0. The number of carbonyl (C=O) groups excluding carboxylic acids is 1. The van der Waals surface area contributed by atoms with E-state index < -0.39 is 5.91 Å². The van der Waals surface area contributed by atoms with Crippen LogP contribution in [0.1, 0.15) is 22.8 Å². The van der Waals surface area contributed by atoms with E-state index in [4.69, 9.17) is 22.1 Å². The molecule has 0 aromatic heterocycles. The first-order valence-electron chi connectivity index (χ1n) is 6.65. The Labute approximate surface area is 128 Å². The second-order valence-electron chi connectivity index (χ2n) is 4.48. The second kappa shape index (κ2) is 6.99. The SMILES string of the molecule is CCOc1ccc(NCc2ccc(C(N)=O)cc2Cl)cc1. The van der Waals surface area contributed by atoms with Gasteiger partial charge in [-0.3, -0.25) is 4.79 Å². The zero-order valence-electron chi connectivity index (χ0n) is 11.7. The number of hydrogen-bond acceptors (Lipinski definition) is 3. The summed E-state index contributed by atoms with van der Waals surface area (Å²) in [4.78, 5) is 11.1. The maximum Gasteiger partial charge on any atom is 0.248 e. The average Bonchev–Trinajstić information content (AvgIpc) is 2.47. The third-order valence-electron chi connectivity index (χ3n) is 2.99. The van der Waals surface area contributed by atoms with E-state index in [0.29, 0.717) is 23.7 Å². The van der Waals surface area contributed by atoms with Gasteiger partial charge in [0, 0.05) is 22.8 Å². The minimum atomic E-state index is -0.483. The molecule has 2 rings (SSSR count). The fourth-order valence-electron chi connectivity index (χ4n) is 1.88. The van der Waals surface area contributed by atoms with Crippen molar-refractivity contribution in [2.45, 2.75) is 13.5 Å². The van der Waals surface area contributed by atoms with Crippen LogP contribution in [0.2, 0.25) is 5.02 Å². The molecule has 0 atom stereocenters. The second-order valence-corrected chi connectivity index (χ2v) is 4.89. The predicted octanol–water partition coefficient (Wildman–Crippen LogP) is 3.45. The summed E-state index contributed by atoms with van der Waals surface area (Å²) in [6.45, 7) is 3.16. The van der Waals surface area contributed by atoms with Crippen molar-refractivity contribution in [2.24, 2.45) is 5.73 Å². The average molecular weight is 305 g/mol. The molecule has 2 aromatic rings. The lowest BCUT2D eigenvalue weighted by atomic mass is 10.1. The maximum absolute atomic E-state index is 11.1. The first-order valence-corrected chi connectivity index (χ1v) is 7.03. The fraction of sp³-hybridized carbons (Fsp3) is 0.188. The van der Waals surface area contributed by atoms with Crippen molar-refractivity contribution in [2.75, 3.05) is 11.9 Å². The van der Waals surface area contributed by atoms with E-state index in [2.05, 4.69) is 5.32 Å². The highest BCUT2D eigenvalue weighted by Gasteiger charge is 2.05. The van der Waals surface area contributed by atoms with Crippen molar-refractivity contribution in [3.63, 3.8) is 0 Å². The van der Waals surface area contributed by atoms with E-state index in [1.54, 1.807) is 18.2 Å². The van der Waals surface area contributed by atoms with Crippen LogP contribution in [0.5, 0.6) is 5.75 Å². The van der Waals surface area contributed by atoms with E-state index in [1.807, 2.05) is 31.2 Å². The van der Waals surface area contributed by atoms with Gasteiger partial charge in [-0.2, -0.15) is 0 Å². The van der Waals surface area contributed by atoms with E-state index in [9.17, 15) is 4.79 Å². The molecule has 2 aromatic carbocycles. The van der Waals surface area contributed by atoms with Crippen LogP contribution < -0.4 is 15.8 Å². The Kier molecular flexibility index (Phi) is 5.06. The lowest BCUT2D eigenvalue weighted by Gasteiger charge is -2.10. The lowest BCUT2D eigenvalue weighted by Crippen LogP contribution is -2.11. The van der Waals surface area contributed by atoms with Gasteiger partial charge in [-0.15, -0.1) is 0 Å². The molecule has 0 heterocycles. The standard InChI is InChI=1S/C16H17ClN2O2/c1-2-21-14-7-5-13(6-8-14)19-10-12-4-3-11(16(18)20)9-15(12)17/h3-9,19H,2,10H2,1H3,(H2,18,20). The molecule has 0 aliphatic heterocycles. The molecule has 5 heteroatoms. The van der Waals surface area contributed by atoms with E-state index >= 15 is 0 Å². The third-order valence-corrected chi connectivity index (χ3v) is 3.34. The van der Waals surface area contributed by atoms with Crippen molar-refractivity contribution in [1.29, 1.82) is 0 Å². The number of amides is 1. The first kappa shape index (κ1) is 15.2. The number of nitrogens with two attached hydrogens (primary N) is 1. The number of rotatable bonds is 6. The summed E-state index contributed by atoms with van der Waals surface area (Å²) in [5.74, 6) is 0.356. The maximum atomic E-state index is 11.1. The Morgan fingerprint density at radius 1 is 1.24 bits per heavy atom. The molecule has 0 aliphatic rings. The van der Waals surface area contributed by atoms with Crippen LogP contribution in [0, 0.1) is 0 Å². The van der Waals surface area contributed by atoms with E-state index in [-0.39, 0.29) is 0 Å². The summed E-state index contributed by atoms with van der Waals surface area (Å²) in [5.41, 5.74) is 7.48. The molecule has 0 saturated carbocycles. The molecular weight excluding hydrogens is 288 g/mol. The molecule has 3 N–H and O–H groups in total. The Morgan fingerprint density at radius 3 is 2.52 bits per heavy atom. The Hall–Kier alpha value is -2.20. The normalized spacial score (nSPS) is 10.2. The van der Waals surface area contributed by atoms with E-state index in [1.165, 1.54) is 0 Å². The highest BCUT2D eigenvalue weighted by Crippen LogP contribution is 2.20. The van der Waals surface area contributed by atoms with Crippen molar-refractivity contribution >= 4 is 23.2 Å². The van der Waals surface area contributed by atoms with Gasteiger partial charge in [-0.25, -0.2) is 0 Å². The number of benzene rings is 2. The highest BCUT2D eigenvalue weighted by molar-refractivity contribution is 6.31. The highest BCUT2D eigenvalue weighted by atomic mass is 35.5. The number of hydrogen-bond donors (Lipinski definition) is 2. The van der Waals surface area contributed by atoms with Crippen LogP contribution in [0.15, 0.2) is 42.5 Å². The van der Waals surface area contributed by atoms with Crippen LogP contribution >= 0.6 is 11.6 Å². The molecule has 0 saturated heterocycles. The predicted molar refractivity (Wildman–Crippen MR) is 84.9 cm³/mol. The van der Waals surface area contributed by atoms with Crippen molar-refractivity contribution < 1.29 is 9.53 Å². The topological polar surface area (TPSA) is 64.3 Å². The number of halogens is 1. The Bertz CT molecular complexity index is 627. The molecule has 21 heavy (non-hydrogen) atoms. The van der Waals surface area contributed by atoms with Crippen LogP contribution in [0.4, 0.5) is 5.69 Å². The molecule has 0 unspecified atom stereocenters. The van der Waals surface area contributed by atoms with Gasteiger partial charge in [-0.05, 0) is 48.9 Å². The largest absolute Gasteiger partial charge is 0.494 e. The molecule has 4 nitrogen and oxygen atoms in total. The molecule has 1 amide bonds. The number of primary amides is 1. The fourth-order valence-corrected chi connectivity index (χ4v) is 2.12. The molecule has 0 bridgehead atoms. The summed E-state index contributed by atoms with van der Waals surface area (Å²) in [6, 6.07) is 12.7. The lowest BCUT2D eigenvalue weighted by molar-refractivity contribution is 0.100. The van der Waals surface area contributed by atoms with Crippen LogP contribution in [0.3, 0.4) is 0 Å². The minimum absolute atomic E-state index is 0.407.